The van der Waals surface area contributed by atoms with Crippen molar-refractivity contribution in [1.29, 1.82) is 0 Å². The van der Waals surface area contributed by atoms with Crippen molar-refractivity contribution in [2.45, 2.75) is 6.54 Å². The van der Waals surface area contributed by atoms with Gasteiger partial charge in [0, 0.05) is 23.2 Å². The molecule has 9 heteroatoms. The van der Waals surface area contributed by atoms with E-state index >= 15 is 0 Å². The molecular weight excluding hydrogens is 284 g/mol. The Bertz CT molecular complexity index is 834. The first-order valence-corrected chi connectivity index (χ1v) is 6.45. The number of anilines is 1. The first-order valence-electron chi connectivity index (χ1n) is 5.57. The summed E-state index contributed by atoms with van der Waals surface area (Å²) in [5.41, 5.74) is 1.53. The van der Waals surface area contributed by atoms with Gasteiger partial charge in [0.1, 0.15) is 5.52 Å². The molecule has 0 atom stereocenters. The van der Waals surface area contributed by atoms with Crippen molar-refractivity contribution in [2.75, 3.05) is 5.32 Å². The summed E-state index contributed by atoms with van der Waals surface area (Å²) in [6, 6.07) is 4.44. The molecule has 102 valence electrons. The Labute approximate surface area is 115 Å². The molecule has 0 radical (unpaired) electrons. The van der Waals surface area contributed by atoms with Crippen LogP contribution < -0.4 is 10.2 Å². The van der Waals surface area contributed by atoms with Crippen LogP contribution in [0.15, 0.2) is 32.8 Å². The van der Waals surface area contributed by atoms with Gasteiger partial charge >= 0.3 is 4.87 Å². The minimum absolute atomic E-state index is 0.0421. The van der Waals surface area contributed by atoms with E-state index in [1.807, 2.05) is 0 Å². The third-order valence-corrected chi connectivity index (χ3v) is 3.30. The number of nitrogens with zero attached hydrogens (tertiary/aromatic N) is 2. The van der Waals surface area contributed by atoms with Gasteiger partial charge in [0.15, 0.2) is 5.58 Å². The second kappa shape index (κ2) is 4.78. The number of hydrogen-bond acceptors (Lipinski definition) is 7. The predicted octanol–water partition coefficient (Wildman–Crippen LogP) is 2.10. The van der Waals surface area contributed by atoms with Gasteiger partial charge in [-0.25, -0.2) is 0 Å². The number of hydrogen-bond donors (Lipinski definition) is 2. The van der Waals surface area contributed by atoms with Crippen molar-refractivity contribution in [2.24, 2.45) is 0 Å². The van der Waals surface area contributed by atoms with Gasteiger partial charge in [-0.3, -0.25) is 14.9 Å². The summed E-state index contributed by atoms with van der Waals surface area (Å²) in [6.07, 6.45) is 0. The number of aromatic amines is 1. The molecule has 0 fully saturated rings. The quantitative estimate of drug-likeness (QED) is 0.562. The molecule has 1 aromatic carbocycles. The molecule has 2 N–H and O–H groups in total. The molecular formula is C11H8N4O4S. The van der Waals surface area contributed by atoms with E-state index in [9.17, 15) is 14.9 Å². The number of nitro benzene ring substituents is 1. The van der Waals surface area contributed by atoms with Crippen LogP contribution in [0.4, 0.5) is 11.7 Å². The number of fused-ring (bicyclic) bond motifs is 1. The molecule has 0 aliphatic heterocycles. The van der Waals surface area contributed by atoms with Crippen LogP contribution >= 0.6 is 11.3 Å². The Balaban J connectivity index is 1.82. The van der Waals surface area contributed by atoms with E-state index in [0.717, 1.165) is 11.3 Å². The molecule has 0 spiro atoms. The Hall–Kier alpha value is -2.68. The van der Waals surface area contributed by atoms with E-state index in [1.165, 1.54) is 18.2 Å². The molecule has 0 saturated heterocycles. The summed E-state index contributed by atoms with van der Waals surface area (Å²) in [5.74, 6) is 0. The SMILES string of the molecule is O=c1[nH]c(CNc2nc3cc([N+](=O)[O-])ccc3o2)cs1. The average molecular weight is 292 g/mol. The largest absolute Gasteiger partial charge is 0.424 e. The number of non-ortho nitro benzene ring substituents is 1. The predicted molar refractivity (Wildman–Crippen MR) is 72.9 cm³/mol. The lowest BCUT2D eigenvalue weighted by Crippen LogP contribution is -2.02. The highest BCUT2D eigenvalue weighted by molar-refractivity contribution is 7.07. The zero-order valence-corrected chi connectivity index (χ0v) is 10.8. The lowest BCUT2D eigenvalue weighted by Gasteiger charge is -1.97. The third kappa shape index (κ3) is 2.38. The van der Waals surface area contributed by atoms with E-state index in [2.05, 4.69) is 15.3 Å². The Kier molecular flexibility index (Phi) is 2.95. The average Bonchev–Trinajstić information content (AvgIpc) is 3.00. The van der Waals surface area contributed by atoms with E-state index < -0.39 is 4.92 Å². The molecule has 3 rings (SSSR count). The zero-order chi connectivity index (χ0) is 14.1. The summed E-state index contributed by atoms with van der Waals surface area (Å²) in [7, 11) is 0. The molecule has 20 heavy (non-hydrogen) atoms. The number of oxazole rings is 1. The monoisotopic (exact) mass is 292 g/mol. The fraction of sp³-hybridized carbons (Fsp3) is 0.0909. The van der Waals surface area contributed by atoms with Gasteiger partial charge in [0.25, 0.3) is 11.7 Å². The number of nitrogens with one attached hydrogen (secondary N) is 2. The Morgan fingerprint density at radius 2 is 2.35 bits per heavy atom. The van der Waals surface area contributed by atoms with Gasteiger partial charge in [-0.1, -0.05) is 11.3 Å². The van der Waals surface area contributed by atoms with Gasteiger partial charge in [0.05, 0.1) is 11.5 Å². The summed E-state index contributed by atoms with van der Waals surface area (Å²) in [5, 5.41) is 15.3. The molecule has 0 amide bonds. The van der Waals surface area contributed by atoms with Gasteiger partial charge in [-0.2, -0.15) is 4.98 Å². The van der Waals surface area contributed by atoms with E-state index in [-0.39, 0.29) is 16.6 Å². The summed E-state index contributed by atoms with van der Waals surface area (Å²) < 4.78 is 5.40. The van der Waals surface area contributed by atoms with Crippen molar-refractivity contribution in [3.8, 4) is 0 Å². The minimum Gasteiger partial charge on any atom is -0.424 e. The van der Waals surface area contributed by atoms with Crippen LogP contribution in [0, 0.1) is 10.1 Å². The first-order chi connectivity index (χ1) is 9.61. The van der Waals surface area contributed by atoms with Crippen LogP contribution in [-0.2, 0) is 6.54 Å². The standard InChI is InChI=1S/C11H8N4O4S/c16-11-13-6(5-20-11)4-12-10-14-8-3-7(15(17)18)1-2-9(8)19-10/h1-3,5H,4H2,(H,12,14)(H,13,16). The van der Waals surface area contributed by atoms with Crippen LogP contribution in [0.2, 0.25) is 0 Å². The molecule has 2 heterocycles. The highest BCUT2D eigenvalue weighted by Crippen LogP contribution is 2.23. The number of nitro groups is 1. The summed E-state index contributed by atoms with van der Waals surface area (Å²) in [4.78, 5) is 27.8. The number of benzene rings is 1. The lowest BCUT2D eigenvalue weighted by atomic mass is 10.3. The van der Waals surface area contributed by atoms with Crippen molar-refractivity contribution in [3.63, 3.8) is 0 Å². The number of thiazole rings is 1. The normalized spacial score (nSPS) is 10.8. The summed E-state index contributed by atoms with van der Waals surface area (Å²) >= 11 is 1.07. The van der Waals surface area contributed by atoms with Gasteiger partial charge < -0.3 is 14.7 Å². The van der Waals surface area contributed by atoms with Crippen LogP contribution in [-0.4, -0.2) is 14.9 Å². The molecule has 0 aliphatic rings. The minimum atomic E-state index is -0.489. The fourth-order valence-corrected chi connectivity index (χ4v) is 2.26. The summed E-state index contributed by atoms with van der Waals surface area (Å²) in [6.45, 7) is 0.355. The molecule has 0 saturated carbocycles. The first kappa shape index (κ1) is 12.4. The second-order valence-electron chi connectivity index (χ2n) is 3.96. The zero-order valence-electron chi connectivity index (χ0n) is 9.95. The van der Waals surface area contributed by atoms with Crippen molar-refractivity contribution >= 4 is 34.1 Å². The molecule has 0 bridgehead atoms. The number of rotatable bonds is 4. The highest BCUT2D eigenvalue weighted by atomic mass is 32.1. The molecule has 2 aromatic heterocycles. The van der Waals surface area contributed by atoms with E-state index in [4.69, 9.17) is 4.42 Å². The number of aromatic nitrogens is 2. The van der Waals surface area contributed by atoms with Crippen LogP contribution in [0.25, 0.3) is 11.1 Å². The van der Waals surface area contributed by atoms with Crippen LogP contribution in [0.1, 0.15) is 5.69 Å². The molecule has 0 unspecified atom stereocenters. The third-order valence-electron chi connectivity index (χ3n) is 2.58. The Morgan fingerprint density at radius 3 is 3.05 bits per heavy atom. The van der Waals surface area contributed by atoms with Crippen molar-refractivity contribution < 1.29 is 9.34 Å². The maximum Gasteiger partial charge on any atom is 0.304 e. The van der Waals surface area contributed by atoms with Gasteiger partial charge in [-0.05, 0) is 6.07 Å². The van der Waals surface area contributed by atoms with Crippen LogP contribution in [0.3, 0.4) is 0 Å². The topological polar surface area (TPSA) is 114 Å². The smallest absolute Gasteiger partial charge is 0.304 e. The van der Waals surface area contributed by atoms with Gasteiger partial charge in [0.2, 0.25) is 0 Å². The van der Waals surface area contributed by atoms with Crippen LogP contribution in [0.5, 0.6) is 0 Å². The second-order valence-corrected chi connectivity index (χ2v) is 4.80. The fourth-order valence-electron chi connectivity index (χ4n) is 1.68. The van der Waals surface area contributed by atoms with E-state index in [1.54, 1.807) is 5.38 Å². The molecule has 0 aliphatic carbocycles. The van der Waals surface area contributed by atoms with Crippen molar-refractivity contribution in [3.05, 3.63) is 49.1 Å². The molecule has 8 nitrogen and oxygen atoms in total. The lowest BCUT2D eigenvalue weighted by molar-refractivity contribution is -0.384. The maximum atomic E-state index is 11.0. The number of H-pyrrole nitrogens is 1. The maximum absolute atomic E-state index is 11.0. The molecule has 3 aromatic rings. The highest BCUT2D eigenvalue weighted by Gasteiger charge is 2.11. The van der Waals surface area contributed by atoms with Gasteiger partial charge in [-0.15, -0.1) is 0 Å². The Morgan fingerprint density at radius 1 is 1.50 bits per heavy atom. The van der Waals surface area contributed by atoms with E-state index in [0.29, 0.717) is 23.3 Å². The van der Waals surface area contributed by atoms with Crippen molar-refractivity contribution in [1.82, 2.24) is 9.97 Å².